The molecule has 3 aromatic rings. The summed E-state index contributed by atoms with van der Waals surface area (Å²) >= 11 is 8.08. The van der Waals surface area contributed by atoms with Crippen molar-refractivity contribution >= 4 is 45.3 Å². The summed E-state index contributed by atoms with van der Waals surface area (Å²) in [4.78, 5) is 6.72. The molecule has 6 heteroatoms. The Bertz CT molecular complexity index is 1120. The molecule has 28 heavy (non-hydrogen) atoms. The van der Waals surface area contributed by atoms with Crippen molar-refractivity contribution in [1.29, 1.82) is 0 Å². The molecular formula is C22H21ClFN3S. The average Bonchev–Trinajstić information content (AvgIpc) is 3.31. The van der Waals surface area contributed by atoms with Crippen molar-refractivity contribution in [2.75, 3.05) is 11.4 Å². The van der Waals surface area contributed by atoms with E-state index in [-0.39, 0.29) is 5.82 Å². The molecule has 0 N–H and O–H groups in total. The van der Waals surface area contributed by atoms with Crippen LogP contribution in [0.25, 0.3) is 22.0 Å². The topological polar surface area (TPSA) is 28.5 Å². The van der Waals surface area contributed by atoms with E-state index in [1.807, 2.05) is 25.3 Å². The second-order valence-corrected chi connectivity index (χ2v) is 8.93. The molecule has 3 nitrogen and oxygen atoms in total. The van der Waals surface area contributed by atoms with Crippen molar-refractivity contribution in [3.05, 3.63) is 45.7 Å². The van der Waals surface area contributed by atoms with Gasteiger partial charge in [0.1, 0.15) is 10.5 Å². The predicted molar refractivity (Wildman–Crippen MR) is 117 cm³/mol. The van der Waals surface area contributed by atoms with Crippen LogP contribution >= 0.6 is 23.1 Å². The lowest BCUT2D eigenvalue weighted by Gasteiger charge is -2.34. The minimum Gasteiger partial charge on any atom is -0.359 e. The number of fused-ring (bicyclic) bond motifs is 2. The number of benzene rings is 2. The molecule has 1 atom stereocenters. The van der Waals surface area contributed by atoms with Gasteiger partial charge in [-0.15, -0.1) is 0 Å². The number of halogens is 2. The molecular weight excluding hydrogens is 393 g/mol. The monoisotopic (exact) mass is 413 g/mol. The summed E-state index contributed by atoms with van der Waals surface area (Å²) in [6.45, 7) is 5.84. The molecule has 0 bridgehead atoms. The molecule has 0 unspecified atom stereocenters. The third-order valence-electron chi connectivity index (χ3n) is 5.99. The molecule has 0 spiro atoms. The van der Waals surface area contributed by atoms with Crippen LogP contribution < -0.4 is 4.90 Å². The zero-order valence-corrected chi connectivity index (χ0v) is 17.5. The van der Waals surface area contributed by atoms with Crippen LogP contribution in [0.2, 0.25) is 5.02 Å². The highest BCUT2D eigenvalue weighted by molar-refractivity contribution is 7.11. The molecule has 144 valence electrons. The summed E-state index contributed by atoms with van der Waals surface area (Å²) in [5, 5.41) is 2.29. The van der Waals surface area contributed by atoms with Gasteiger partial charge in [-0.1, -0.05) is 23.7 Å². The van der Waals surface area contributed by atoms with Gasteiger partial charge in [-0.3, -0.25) is 4.99 Å². The van der Waals surface area contributed by atoms with Crippen molar-refractivity contribution in [1.82, 2.24) is 4.37 Å². The van der Waals surface area contributed by atoms with Crippen molar-refractivity contribution < 1.29 is 4.39 Å². The number of rotatable bonds is 2. The van der Waals surface area contributed by atoms with Gasteiger partial charge in [-0.2, -0.15) is 4.37 Å². The van der Waals surface area contributed by atoms with E-state index in [1.54, 1.807) is 0 Å². The average molecular weight is 414 g/mol. The second-order valence-electron chi connectivity index (χ2n) is 7.77. The predicted octanol–water partition coefficient (Wildman–Crippen LogP) is 6.38. The molecule has 1 fully saturated rings. The fraction of sp³-hybridized carbons (Fsp3) is 0.364. The van der Waals surface area contributed by atoms with Gasteiger partial charge in [0, 0.05) is 35.3 Å². The first-order chi connectivity index (χ1) is 13.6. The Morgan fingerprint density at radius 2 is 2.11 bits per heavy atom. The van der Waals surface area contributed by atoms with Gasteiger partial charge in [0.15, 0.2) is 5.82 Å². The van der Waals surface area contributed by atoms with E-state index in [9.17, 15) is 0 Å². The van der Waals surface area contributed by atoms with Crippen LogP contribution in [0.15, 0.2) is 23.2 Å². The number of aliphatic imine (C=N–C) groups is 1. The quantitative estimate of drug-likeness (QED) is 0.488. The standard InChI is InChI=1S/C22H21ClFN3S/c1-12-6-7-14-10-25-11-16(14)18(12)19-17(23)9-15-21(20(19)24)26-28-22(15)27-8-4-3-5-13(27)2/h6-7,9,11,13H,3-5,8,10H2,1-2H3/t13-/m0/s1. The van der Waals surface area contributed by atoms with E-state index in [4.69, 9.17) is 11.6 Å². The van der Waals surface area contributed by atoms with E-state index in [1.165, 1.54) is 18.0 Å². The van der Waals surface area contributed by atoms with E-state index < -0.39 is 0 Å². The Labute approximate surface area is 173 Å². The Morgan fingerprint density at radius 3 is 2.93 bits per heavy atom. The summed E-state index contributed by atoms with van der Waals surface area (Å²) in [6.07, 6.45) is 5.39. The summed E-state index contributed by atoms with van der Waals surface area (Å²) < 4.78 is 20.2. The molecule has 0 aliphatic carbocycles. The number of aromatic nitrogens is 1. The number of nitrogens with zero attached hydrogens (tertiary/aromatic N) is 3. The van der Waals surface area contributed by atoms with Crippen LogP contribution in [-0.4, -0.2) is 23.2 Å². The highest BCUT2D eigenvalue weighted by Gasteiger charge is 2.27. The minimum absolute atomic E-state index is 0.327. The molecule has 2 aromatic carbocycles. The molecule has 1 saturated heterocycles. The smallest absolute Gasteiger partial charge is 0.159 e. The Hall–Kier alpha value is -1.98. The zero-order valence-electron chi connectivity index (χ0n) is 15.9. The highest BCUT2D eigenvalue weighted by Crippen LogP contribution is 2.44. The van der Waals surface area contributed by atoms with Gasteiger partial charge in [0.2, 0.25) is 0 Å². The highest BCUT2D eigenvalue weighted by atomic mass is 35.5. The minimum atomic E-state index is -0.327. The van der Waals surface area contributed by atoms with Crippen molar-refractivity contribution in [3.8, 4) is 11.1 Å². The van der Waals surface area contributed by atoms with E-state index in [2.05, 4.69) is 27.3 Å². The first-order valence-electron chi connectivity index (χ1n) is 9.73. The fourth-order valence-electron chi connectivity index (χ4n) is 4.46. The van der Waals surface area contributed by atoms with Crippen LogP contribution in [-0.2, 0) is 6.54 Å². The Kier molecular flexibility index (Phi) is 4.40. The number of hydrogen-bond acceptors (Lipinski definition) is 4. The van der Waals surface area contributed by atoms with Crippen LogP contribution in [0.1, 0.15) is 42.9 Å². The van der Waals surface area contributed by atoms with E-state index in [0.29, 0.717) is 28.7 Å². The largest absolute Gasteiger partial charge is 0.359 e. The number of piperidine rings is 1. The lowest BCUT2D eigenvalue weighted by atomic mass is 9.91. The van der Waals surface area contributed by atoms with Crippen molar-refractivity contribution in [3.63, 3.8) is 0 Å². The second kappa shape index (κ2) is 6.82. The van der Waals surface area contributed by atoms with Gasteiger partial charge in [-0.25, -0.2) is 4.39 Å². The molecule has 3 heterocycles. The molecule has 2 aliphatic rings. The van der Waals surface area contributed by atoms with Gasteiger partial charge < -0.3 is 4.90 Å². The van der Waals surface area contributed by atoms with Gasteiger partial charge in [0.25, 0.3) is 0 Å². The maximum absolute atomic E-state index is 15.7. The molecule has 1 aromatic heterocycles. The van der Waals surface area contributed by atoms with Crippen LogP contribution in [0, 0.1) is 12.7 Å². The number of hydrogen-bond donors (Lipinski definition) is 0. The zero-order chi connectivity index (χ0) is 19.4. The summed E-state index contributed by atoms with van der Waals surface area (Å²) in [5.74, 6) is -0.327. The summed E-state index contributed by atoms with van der Waals surface area (Å²) in [6, 6.07) is 6.42. The molecule has 0 radical (unpaired) electrons. The molecule has 0 amide bonds. The van der Waals surface area contributed by atoms with Crippen LogP contribution in [0.3, 0.4) is 0 Å². The maximum atomic E-state index is 15.7. The van der Waals surface area contributed by atoms with Crippen molar-refractivity contribution in [2.24, 2.45) is 4.99 Å². The Balaban J connectivity index is 1.72. The van der Waals surface area contributed by atoms with Gasteiger partial charge in [0.05, 0.1) is 11.6 Å². The number of anilines is 1. The summed E-state index contributed by atoms with van der Waals surface area (Å²) in [7, 11) is 0. The van der Waals surface area contributed by atoms with Crippen LogP contribution in [0.4, 0.5) is 9.39 Å². The SMILES string of the molecule is Cc1ccc2c(c1-c1c(Cl)cc3c(N4CCCC[C@@H]4C)snc3c1F)C=NC2. The molecule has 2 aliphatic heterocycles. The van der Waals surface area contributed by atoms with E-state index >= 15 is 4.39 Å². The third-order valence-corrected chi connectivity index (χ3v) is 7.19. The van der Waals surface area contributed by atoms with E-state index in [0.717, 1.165) is 52.0 Å². The van der Waals surface area contributed by atoms with Gasteiger partial charge in [-0.05, 0) is 67.4 Å². The lowest BCUT2D eigenvalue weighted by molar-refractivity contribution is 0.488. The lowest BCUT2D eigenvalue weighted by Crippen LogP contribution is -2.36. The maximum Gasteiger partial charge on any atom is 0.159 e. The summed E-state index contributed by atoms with van der Waals surface area (Å²) in [5.41, 5.74) is 4.78. The fourth-order valence-corrected chi connectivity index (χ4v) is 5.73. The van der Waals surface area contributed by atoms with Crippen LogP contribution in [0.5, 0.6) is 0 Å². The first kappa shape index (κ1) is 18.1. The number of aryl methyl sites for hydroxylation is 1. The third kappa shape index (κ3) is 2.67. The van der Waals surface area contributed by atoms with Gasteiger partial charge >= 0.3 is 0 Å². The Morgan fingerprint density at radius 1 is 1.25 bits per heavy atom. The molecule has 5 rings (SSSR count). The molecule has 0 saturated carbocycles. The first-order valence-corrected chi connectivity index (χ1v) is 10.9. The van der Waals surface area contributed by atoms with Crippen molar-refractivity contribution in [2.45, 2.75) is 45.7 Å². The normalized spacial score (nSPS) is 18.9.